The van der Waals surface area contributed by atoms with Crippen molar-refractivity contribution in [3.63, 3.8) is 0 Å². The molecule has 3 aromatic rings. The Kier molecular flexibility index (Phi) is 11.1. The van der Waals surface area contributed by atoms with E-state index in [1.165, 1.54) is 5.56 Å². The lowest BCUT2D eigenvalue weighted by atomic mass is 10.2. The summed E-state index contributed by atoms with van der Waals surface area (Å²) < 4.78 is 5.82. The number of amides is 2. The fourth-order valence-corrected chi connectivity index (χ4v) is 3.88. The molecule has 2 amide bonds. The molecule has 0 fully saturated rings. The van der Waals surface area contributed by atoms with Crippen molar-refractivity contribution in [2.24, 2.45) is 0 Å². The minimum atomic E-state index is -0.338. The number of ether oxygens (including phenoxy) is 1. The van der Waals surface area contributed by atoms with Gasteiger partial charge in [-0.1, -0.05) is 50.2 Å². The standard InChI is InChI=1S/C29H34N4O3S/c1-3-33(4-2)19-18-30-27(34)23-13-15-25(16-14-23)31-29(37)32-28(35)24-11-8-12-26(21-24)36-20-17-22-9-6-5-7-10-22/h5-16,21H,3-4,17-20H2,1-2H3,(H,30,34)(H2,31,32,35,37). The number of likely N-dealkylation sites (N-methyl/N-ethyl adjacent to an activating group) is 1. The van der Waals surface area contributed by atoms with Crippen LogP contribution in [0.3, 0.4) is 0 Å². The highest BCUT2D eigenvalue weighted by Crippen LogP contribution is 2.15. The highest BCUT2D eigenvalue weighted by atomic mass is 32.1. The minimum absolute atomic E-state index is 0.125. The molecule has 3 N–H and O–H groups in total. The van der Waals surface area contributed by atoms with Crippen molar-refractivity contribution in [3.05, 3.63) is 95.6 Å². The predicted molar refractivity (Wildman–Crippen MR) is 152 cm³/mol. The van der Waals surface area contributed by atoms with Crippen LogP contribution in [0.4, 0.5) is 5.69 Å². The van der Waals surface area contributed by atoms with E-state index in [2.05, 4.69) is 46.8 Å². The summed E-state index contributed by atoms with van der Waals surface area (Å²) in [6, 6.07) is 24.0. The SMILES string of the molecule is CCN(CC)CCNC(=O)c1ccc(NC(=S)NC(=O)c2cccc(OCCc3ccccc3)c2)cc1. The van der Waals surface area contributed by atoms with Crippen LogP contribution >= 0.6 is 12.2 Å². The summed E-state index contributed by atoms with van der Waals surface area (Å²) in [5, 5.41) is 8.76. The maximum Gasteiger partial charge on any atom is 0.257 e. The number of benzene rings is 3. The minimum Gasteiger partial charge on any atom is -0.493 e. The smallest absolute Gasteiger partial charge is 0.257 e. The van der Waals surface area contributed by atoms with Gasteiger partial charge in [0.15, 0.2) is 5.11 Å². The molecule has 0 heterocycles. The average Bonchev–Trinajstić information content (AvgIpc) is 2.92. The number of rotatable bonds is 12. The second-order valence-corrected chi connectivity index (χ2v) is 8.79. The Hall–Kier alpha value is -3.75. The molecule has 0 spiro atoms. The molecule has 0 aliphatic rings. The van der Waals surface area contributed by atoms with Crippen molar-refractivity contribution >= 4 is 34.8 Å². The molecule has 0 aromatic heterocycles. The fourth-order valence-electron chi connectivity index (χ4n) is 3.67. The highest BCUT2D eigenvalue weighted by molar-refractivity contribution is 7.80. The van der Waals surface area contributed by atoms with Crippen LogP contribution in [-0.2, 0) is 6.42 Å². The number of carbonyl (C=O) groups is 2. The molecule has 0 unspecified atom stereocenters. The second kappa shape index (κ2) is 14.7. The van der Waals surface area contributed by atoms with Gasteiger partial charge >= 0.3 is 0 Å². The molecule has 0 bridgehead atoms. The van der Waals surface area contributed by atoms with E-state index in [-0.39, 0.29) is 16.9 Å². The van der Waals surface area contributed by atoms with Crippen LogP contribution in [0.1, 0.15) is 40.1 Å². The third-order valence-electron chi connectivity index (χ3n) is 5.84. The van der Waals surface area contributed by atoms with Gasteiger partial charge in [-0.05, 0) is 73.3 Å². The van der Waals surface area contributed by atoms with E-state index in [0.717, 1.165) is 26.1 Å². The van der Waals surface area contributed by atoms with Crippen LogP contribution in [0.2, 0.25) is 0 Å². The molecule has 0 saturated carbocycles. The number of hydrogen-bond donors (Lipinski definition) is 3. The van der Waals surface area contributed by atoms with E-state index in [4.69, 9.17) is 17.0 Å². The van der Waals surface area contributed by atoms with Gasteiger partial charge in [0.2, 0.25) is 0 Å². The van der Waals surface area contributed by atoms with Gasteiger partial charge in [-0.25, -0.2) is 0 Å². The van der Waals surface area contributed by atoms with E-state index in [1.807, 2.05) is 24.3 Å². The van der Waals surface area contributed by atoms with Gasteiger partial charge in [0.05, 0.1) is 6.61 Å². The van der Waals surface area contributed by atoms with Crippen molar-refractivity contribution in [2.45, 2.75) is 20.3 Å². The number of nitrogens with one attached hydrogen (secondary N) is 3. The molecule has 0 atom stereocenters. The van der Waals surface area contributed by atoms with Gasteiger partial charge in [-0.15, -0.1) is 0 Å². The zero-order valence-electron chi connectivity index (χ0n) is 21.3. The maximum atomic E-state index is 12.7. The van der Waals surface area contributed by atoms with Gasteiger partial charge in [-0.3, -0.25) is 14.9 Å². The monoisotopic (exact) mass is 518 g/mol. The Balaban J connectivity index is 1.45. The van der Waals surface area contributed by atoms with Gasteiger partial charge < -0.3 is 20.3 Å². The topological polar surface area (TPSA) is 82.7 Å². The summed E-state index contributed by atoms with van der Waals surface area (Å²) in [6.45, 7) is 8.03. The quantitative estimate of drug-likeness (QED) is 0.306. The van der Waals surface area contributed by atoms with Crippen LogP contribution in [0.15, 0.2) is 78.9 Å². The largest absolute Gasteiger partial charge is 0.493 e. The van der Waals surface area contributed by atoms with Gasteiger partial charge in [0, 0.05) is 36.3 Å². The van der Waals surface area contributed by atoms with Crippen molar-refractivity contribution < 1.29 is 14.3 Å². The van der Waals surface area contributed by atoms with Crippen LogP contribution in [0.25, 0.3) is 0 Å². The van der Waals surface area contributed by atoms with Crippen LogP contribution in [0.5, 0.6) is 5.75 Å². The number of carbonyl (C=O) groups excluding carboxylic acids is 2. The van der Waals surface area contributed by atoms with E-state index < -0.39 is 0 Å². The average molecular weight is 519 g/mol. The summed E-state index contributed by atoms with van der Waals surface area (Å²) in [7, 11) is 0. The summed E-state index contributed by atoms with van der Waals surface area (Å²) in [4.78, 5) is 27.3. The van der Waals surface area contributed by atoms with Crippen LogP contribution in [-0.4, -0.2) is 54.6 Å². The Labute approximate surface area is 224 Å². The van der Waals surface area contributed by atoms with Crippen LogP contribution < -0.4 is 20.7 Å². The van der Waals surface area contributed by atoms with Gasteiger partial charge in [-0.2, -0.15) is 0 Å². The second-order valence-electron chi connectivity index (χ2n) is 8.38. The van der Waals surface area contributed by atoms with E-state index in [1.54, 1.807) is 42.5 Å². The first-order valence-electron chi connectivity index (χ1n) is 12.5. The summed E-state index contributed by atoms with van der Waals surface area (Å²) >= 11 is 5.30. The molecule has 8 heteroatoms. The molecular formula is C29H34N4O3S. The third-order valence-corrected chi connectivity index (χ3v) is 6.04. The predicted octanol–water partition coefficient (Wildman–Crippen LogP) is 4.51. The lowest BCUT2D eigenvalue weighted by Gasteiger charge is -2.18. The Morgan fingerprint density at radius 1 is 0.865 bits per heavy atom. The molecule has 3 rings (SSSR count). The molecule has 7 nitrogen and oxygen atoms in total. The zero-order chi connectivity index (χ0) is 26.5. The van der Waals surface area contributed by atoms with E-state index in [9.17, 15) is 9.59 Å². The molecule has 0 radical (unpaired) electrons. The summed E-state index contributed by atoms with van der Waals surface area (Å²) in [5.41, 5.74) is 2.86. The fraction of sp³-hybridized carbons (Fsp3) is 0.276. The maximum absolute atomic E-state index is 12.7. The molecule has 37 heavy (non-hydrogen) atoms. The Morgan fingerprint density at radius 3 is 2.30 bits per heavy atom. The Bertz CT molecular complexity index is 1170. The third kappa shape index (κ3) is 9.33. The lowest BCUT2D eigenvalue weighted by Crippen LogP contribution is -2.35. The van der Waals surface area contributed by atoms with E-state index >= 15 is 0 Å². The molecule has 3 aromatic carbocycles. The van der Waals surface area contributed by atoms with Gasteiger partial charge in [0.1, 0.15) is 5.75 Å². The van der Waals surface area contributed by atoms with Crippen LogP contribution in [0, 0.1) is 0 Å². The lowest BCUT2D eigenvalue weighted by molar-refractivity contribution is 0.0947. The first kappa shape index (κ1) is 27.8. The normalized spacial score (nSPS) is 10.6. The molecule has 0 saturated heterocycles. The Morgan fingerprint density at radius 2 is 1.59 bits per heavy atom. The van der Waals surface area contributed by atoms with E-state index in [0.29, 0.717) is 35.7 Å². The van der Waals surface area contributed by atoms with Crippen molar-refractivity contribution in [1.29, 1.82) is 0 Å². The molecule has 0 aliphatic heterocycles. The summed E-state index contributed by atoms with van der Waals surface area (Å²) in [5.74, 6) is 0.157. The number of hydrogen-bond acceptors (Lipinski definition) is 5. The van der Waals surface area contributed by atoms with Crippen molar-refractivity contribution in [2.75, 3.05) is 38.1 Å². The first-order valence-corrected chi connectivity index (χ1v) is 12.9. The molecule has 0 aliphatic carbocycles. The number of thiocarbonyl (C=S) groups is 1. The zero-order valence-corrected chi connectivity index (χ0v) is 22.1. The first-order chi connectivity index (χ1) is 18.0. The highest BCUT2D eigenvalue weighted by Gasteiger charge is 2.10. The van der Waals surface area contributed by atoms with Crippen molar-refractivity contribution in [1.82, 2.24) is 15.5 Å². The summed E-state index contributed by atoms with van der Waals surface area (Å²) in [6.07, 6.45) is 0.780. The molecule has 194 valence electrons. The number of anilines is 1. The van der Waals surface area contributed by atoms with Crippen molar-refractivity contribution in [3.8, 4) is 5.75 Å². The number of nitrogens with zero attached hydrogens (tertiary/aromatic N) is 1. The molecular weight excluding hydrogens is 484 g/mol. The van der Waals surface area contributed by atoms with Gasteiger partial charge in [0.25, 0.3) is 11.8 Å².